The molecule has 4 heterocycles. The van der Waals surface area contributed by atoms with Crippen molar-refractivity contribution >= 4 is 40.0 Å². The van der Waals surface area contributed by atoms with Gasteiger partial charge in [-0.25, -0.2) is 4.98 Å². The van der Waals surface area contributed by atoms with Crippen molar-refractivity contribution in [1.29, 1.82) is 0 Å². The standard InChI is InChI=1S/C33H26BN3O2/c1-33(2)26-12-7-11-25-24-17-16-23(20-29(24)37(31(25)26)32-27(33)13-8-18-35-32)38-22-10-6-9-21(19-22)34-36(3)28-14-4-5-15-30(28)39-34/h4-20H,1-3H3. The summed E-state index contributed by atoms with van der Waals surface area (Å²) in [5.74, 6) is 3.44. The highest BCUT2D eigenvalue weighted by atomic mass is 16.5. The number of rotatable bonds is 3. The molecule has 5 nitrogen and oxygen atoms in total. The summed E-state index contributed by atoms with van der Waals surface area (Å²) in [5, 5.41) is 2.43. The lowest BCUT2D eigenvalue weighted by Gasteiger charge is -2.33. The maximum Gasteiger partial charge on any atom is 0.519 e. The van der Waals surface area contributed by atoms with E-state index in [9.17, 15) is 0 Å². The molecule has 0 bridgehead atoms. The van der Waals surface area contributed by atoms with Gasteiger partial charge in [-0.2, -0.15) is 0 Å². The summed E-state index contributed by atoms with van der Waals surface area (Å²) in [7, 11) is 1.86. The van der Waals surface area contributed by atoms with Crippen molar-refractivity contribution in [2.24, 2.45) is 0 Å². The van der Waals surface area contributed by atoms with Gasteiger partial charge in [0.1, 0.15) is 23.1 Å². The lowest BCUT2D eigenvalue weighted by Crippen LogP contribution is -2.47. The van der Waals surface area contributed by atoms with E-state index in [1.807, 2.05) is 42.6 Å². The molecule has 2 aliphatic rings. The third-order valence-corrected chi connectivity index (χ3v) is 8.32. The second kappa shape index (κ2) is 7.90. The second-order valence-corrected chi connectivity index (χ2v) is 10.9. The van der Waals surface area contributed by atoms with E-state index in [-0.39, 0.29) is 12.5 Å². The number of ether oxygens (including phenoxy) is 1. The number of nitrogens with zero attached hydrogens (tertiary/aromatic N) is 3. The predicted molar refractivity (Wildman–Crippen MR) is 158 cm³/mol. The van der Waals surface area contributed by atoms with Gasteiger partial charge in [0.25, 0.3) is 0 Å². The first-order valence-corrected chi connectivity index (χ1v) is 13.3. The van der Waals surface area contributed by atoms with Crippen LogP contribution in [0.3, 0.4) is 0 Å². The van der Waals surface area contributed by atoms with E-state index >= 15 is 0 Å². The SMILES string of the molecule is CN1B(c2cccc(Oc3ccc4c5cccc6c5n(c4c3)-c3ncccc3C6(C)C)c2)Oc2ccccc21. The van der Waals surface area contributed by atoms with Crippen LogP contribution in [0.5, 0.6) is 17.2 Å². The molecule has 0 aliphatic carbocycles. The summed E-state index contributed by atoms with van der Waals surface area (Å²) in [6.45, 7) is 4.57. The fourth-order valence-electron chi connectivity index (χ4n) is 6.38. The number of hydrogen-bond donors (Lipinski definition) is 0. The number of pyridine rings is 1. The van der Waals surface area contributed by atoms with E-state index in [2.05, 4.69) is 90.9 Å². The fourth-order valence-corrected chi connectivity index (χ4v) is 6.38. The molecule has 4 aromatic carbocycles. The minimum absolute atomic E-state index is 0.137. The molecule has 6 aromatic rings. The lowest BCUT2D eigenvalue weighted by atomic mass is 9.72. The molecule has 0 fully saturated rings. The highest BCUT2D eigenvalue weighted by Crippen LogP contribution is 2.47. The topological polar surface area (TPSA) is 39.5 Å². The first kappa shape index (κ1) is 22.3. The average Bonchev–Trinajstić information content (AvgIpc) is 3.47. The Kier molecular flexibility index (Phi) is 4.52. The Morgan fingerprint density at radius 2 is 1.62 bits per heavy atom. The molecule has 0 amide bonds. The maximum absolute atomic E-state index is 6.46. The smallest absolute Gasteiger partial charge is 0.519 e. The Morgan fingerprint density at radius 1 is 0.795 bits per heavy atom. The Morgan fingerprint density at radius 3 is 2.51 bits per heavy atom. The number of hydrogen-bond acceptors (Lipinski definition) is 4. The van der Waals surface area contributed by atoms with Crippen LogP contribution in [0.15, 0.2) is 103 Å². The lowest BCUT2D eigenvalue weighted by molar-refractivity contribution is 0.483. The molecule has 2 aliphatic heterocycles. The zero-order valence-corrected chi connectivity index (χ0v) is 22.1. The monoisotopic (exact) mass is 507 g/mol. The number of anilines is 1. The van der Waals surface area contributed by atoms with Crippen LogP contribution in [0.2, 0.25) is 0 Å². The fraction of sp³-hybridized carbons (Fsp3) is 0.121. The molecule has 0 spiro atoms. The summed E-state index contributed by atoms with van der Waals surface area (Å²) in [6.07, 6.45) is 1.88. The Bertz CT molecular complexity index is 1940. The van der Waals surface area contributed by atoms with Gasteiger partial charge in [-0.1, -0.05) is 62.4 Å². The predicted octanol–water partition coefficient (Wildman–Crippen LogP) is 6.83. The van der Waals surface area contributed by atoms with Gasteiger partial charge in [0.15, 0.2) is 0 Å². The van der Waals surface area contributed by atoms with Crippen molar-refractivity contribution in [2.75, 3.05) is 11.9 Å². The van der Waals surface area contributed by atoms with Crippen molar-refractivity contribution in [3.63, 3.8) is 0 Å². The molecule has 8 rings (SSSR count). The molecule has 0 radical (unpaired) electrons. The molecule has 188 valence electrons. The number of fused-ring (bicyclic) bond motifs is 6. The van der Waals surface area contributed by atoms with E-state index in [1.54, 1.807) is 0 Å². The van der Waals surface area contributed by atoms with Crippen LogP contribution in [0.1, 0.15) is 25.0 Å². The summed E-state index contributed by atoms with van der Waals surface area (Å²) >= 11 is 0. The minimum atomic E-state index is -0.196. The normalized spacial score (nSPS) is 14.8. The van der Waals surface area contributed by atoms with Gasteiger partial charge in [-0.15, -0.1) is 0 Å². The minimum Gasteiger partial charge on any atom is -0.536 e. The third-order valence-electron chi connectivity index (χ3n) is 8.32. The Labute approximate surface area is 227 Å². The summed E-state index contributed by atoms with van der Waals surface area (Å²) in [4.78, 5) is 7.01. The third kappa shape index (κ3) is 3.12. The van der Waals surface area contributed by atoms with Gasteiger partial charge in [0.05, 0.1) is 16.7 Å². The summed E-state index contributed by atoms with van der Waals surface area (Å²) in [5.41, 5.74) is 6.85. The van der Waals surface area contributed by atoms with Crippen LogP contribution in [0.25, 0.3) is 27.6 Å². The molecule has 0 atom stereocenters. The Balaban J connectivity index is 1.22. The quantitative estimate of drug-likeness (QED) is 0.246. The summed E-state index contributed by atoms with van der Waals surface area (Å²) < 4.78 is 15.0. The number of benzene rings is 4. The molecule has 2 aromatic heterocycles. The van der Waals surface area contributed by atoms with Crippen LogP contribution >= 0.6 is 0 Å². The molecular weight excluding hydrogens is 481 g/mol. The van der Waals surface area contributed by atoms with Gasteiger partial charge in [0.2, 0.25) is 0 Å². The Hall–Kier alpha value is -4.71. The van der Waals surface area contributed by atoms with Crippen LogP contribution in [-0.2, 0) is 5.41 Å². The average molecular weight is 507 g/mol. The van der Waals surface area contributed by atoms with Gasteiger partial charge >= 0.3 is 7.05 Å². The molecule has 39 heavy (non-hydrogen) atoms. The van der Waals surface area contributed by atoms with Crippen LogP contribution in [-0.4, -0.2) is 23.6 Å². The van der Waals surface area contributed by atoms with Crippen molar-refractivity contribution in [2.45, 2.75) is 19.3 Å². The largest absolute Gasteiger partial charge is 0.536 e. The van der Waals surface area contributed by atoms with E-state index in [4.69, 9.17) is 14.4 Å². The van der Waals surface area contributed by atoms with E-state index < -0.39 is 0 Å². The second-order valence-electron chi connectivity index (χ2n) is 10.9. The highest BCUT2D eigenvalue weighted by Gasteiger charge is 2.37. The molecule has 0 saturated heterocycles. The van der Waals surface area contributed by atoms with Crippen molar-refractivity contribution in [1.82, 2.24) is 9.55 Å². The zero-order chi connectivity index (χ0) is 26.3. The summed E-state index contributed by atoms with van der Waals surface area (Å²) in [6, 6.07) is 33.5. The van der Waals surface area contributed by atoms with Gasteiger partial charge in [-0.05, 0) is 60.5 Å². The molecule has 0 N–H and O–H groups in total. The molecule has 0 saturated carbocycles. The van der Waals surface area contributed by atoms with Crippen LogP contribution < -0.4 is 19.7 Å². The molecular formula is C33H26BN3O2. The van der Waals surface area contributed by atoms with E-state index in [1.165, 1.54) is 27.4 Å². The van der Waals surface area contributed by atoms with Crippen molar-refractivity contribution in [3.05, 3.63) is 114 Å². The van der Waals surface area contributed by atoms with Gasteiger partial charge in [-0.3, -0.25) is 4.57 Å². The molecule has 0 unspecified atom stereocenters. The zero-order valence-electron chi connectivity index (χ0n) is 22.1. The van der Waals surface area contributed by atoms with Crippen LogP contribution in [0.4, 0.5) is 5.69 Å². The molecule has 6 heteroatoms. The van der Waals surface area contributed by atoms with E-state index in [0.29, 0.717) is 0 Å². The van der Waals surface area contributed by atoms with Gasteiger partial charge in [0, 0.05) is 34.0 Å². The van der Waals surface area contributed by atoms with Crippen LogP contribution in [0, 0.1) is 0 Å². The maximum atomic E-state index is 6.46. The highest BCUT2D eigenvalue weighted by molar-refractivity contribution is 6.73. The number of aromatic nitrogens is 2. The number of para-hydroxylation sites is 3. The first-order valence-electron chi connectivity index (χ1n) is 13.3. The van der Waals surface area contributed by atoms with Crippen molar-refractivity contribution < 1.29 is 9.39 Å². The van der Waals surface area contributed by atoms with Gasteiger partial charge < -0.3 is 14.2 Å². The van der Waals surface area contributed by atoms with Crippen molar-refractivity contribution in [3.8, 4) is 23.1 Å². The first-order chi connectivity index (χ1) is 19.0. The van der Waals surface area contributed by atoms with E-state index in [0.717, 1.165) is 39.7 Å².